The molecule has 2 aromatic rings. The van der Waals surface area contributed by atoms with Crippen molar-refractivity contribution in [1.29, 1.82) is 0 Å². The molecule has 222 valence electrons. The molecule has 1 aromatic carbocycles. The molecule has 1 aromatic heterocycles. The van der Waals surface area contributed by atoms with Crippen LogP contribution in [0.2, 0.25) is 0 Å². The highest BCUT2D eigenvalue weighted by Gasteiger charge is 2.51. The van der Waals surface area contributed by atoms with Gasteiger partial charge in [-0.3, -0.25) is 14.4 Å². The smallest absolute Gasteiger partial charge is 0.407 e. The maximum atomic E-state index is 14.2. The van der Waals surface area contributed by atoms with Gasteiger partial charge < -0.3 is 30.9 Å². The molecule has 2 saturated heterocycles. The molecule has 4 amide bonds. The number of piperidine rings is 2. The fourth-order valence-electron chi connectivity index (χ4n) is 7.38. The van der Waals surface area contributed by atoms with Crippen molar-refractivity contribution in [3.8, 4) is 0 Å². The quantitative estimate of drug-likeness (QED) is 0.415. The molecule has 4 N–H and O–H groups in total. The van der Waals surface area contributed by atoms with Crippen LogP contribution in [0, 0.1) is 5.41 Å². The van der Waals surface area contributed by atoms with Crippen LogP contribution in [-0.4, -0.2) is 82.5 Å². The number of anilines is 2. The summed E-state index contributed by atoms with van der Waals surface area (Å²) in [5.74, 6) is 0.167. The van der Waals surface area contributed by atoms with Crippen LogP contribution in [0.25, 0.3) is 0 Å². The molecule has 3 aliphatic heterocycles. The lowest BCUT2D eigenvalue weighted by molar-refractivity contribution is -0.149. The molecule has 0 unspecified atom stereocenters. The Morgan fingerprint density at radius 3 is 2.71 bits per heavy atom. The van der Waals surface area contributed by atoms with Crippen LogP contribution in [0.5, 0.6) is 0 Å². The average Bonchev–Trinajstić information content (AvgIpc) is 3.52. The summed E-state index contributed by atoms with van der Waals surface area (Å²) in [4.78, 5) is 59.8. The van der Waals surface area contributed by atoms with Crippen LogP contribution in [0.1, 0.15) is 55.7 Å². The van der Waals surface area contributed by atoms with Crippen LogP contribution < -0.4 is 16.0 Å². The Bertz CT molecular complexity index is 1420. The molecule has 1 aliphatic carbocycles. The first-order chi connectivity index (χ1) is 20.2. The molecule has 2 atom stereocenters. The van der Waals surface area contributed by atoms with E-state index in [9.17, 15) is 24.3 Å². The van der Waals surface area contributed by atoms with E-state index >= 15 is 0 Å². The zero-order valence-electron chi connectivity index (χ0n) is 23.9. The second kappa shape index (κ2) is 11.0. The Hall–Kier alpha value is -3.99. The van der Waals surface area contributed by atoms with E-state index in [4.69, 9.17) is 0 Å². The molecule has 2 fully saturated rings. The van der Waals surface area contributed by atoms with Crippen molar-refractivity contribution in [1.82, 2.24) is 20.1 Å². The maximum absolute atomic E-state index is 14.2. The van der Waals surface area contributed by atoms with E-state index in [-0.39, 0.29) is 36.9 Å². The molecular formula is C31H38N6O5. The molecule has 11 nitrogen and oxygen atoms in total. The van der Waals surface area contributed by atoms with Gasteiger partial charge in [-0.05, 0) is 87.4 Å². The fourth-order valence-corrected chi connectivity index (χ4v) is 7.38. The number of hydrogen-bond donors (Lipinski definition) is 4. The Morgan fingerprint density at radius 2 is 1.95 bits per heavy atom. The number of carbonyl (C=O) groups is 4. The van der Waals surface area contributed by atoms with Gasteiger partial charge in [0.1, 0.15) is 12.4 Å². The molecule has 11 heteroatoms. The number of pyridine rings is 1. The first-order valence-electron chi connectivity index (χ1n) is 14.9. The van der Waals surface area contributed by atoms with E-state index < -0.39 is 16.9 Å². The zero-order chi connectivity index (χ0) is 29.5. The van der Waals surface area contributed by atoms with E-state index in [1.165, 1.54) is 4.90 Å². The molecular weight excluding hydrogens is 536 g/mol. The van der Waals surface area contributed by atoms with Gasteiger partial charge in [-0.1, -0.05) is 19.1 Å². The van der Waals surface area contributed by atoms with Crippen LogP contribution >= 0.6 is 0 Å². The number of carboxylic acid groups (broad SMARTS) is 1. The lowest BCUT2D eigenvalue weighted by atomic mass is 9.75. The number of nitrogens with one attached hydrogen (secondary N) is 3. The van der Waals surface area contributed by atoms with Gasteiger partial charge in [0.2, 0.25) is 17.7 Å². The van der Waals surface area contributed by atoms with Crippen molar-refractivity contribution in [3.63, 3.8) is 0 Å². The van der Waals surface area contributed by atoms with Gasteiger partial charge in [-0.2, -0.15) is 0 Å². The molecule has 4 heterocycles. The van der Waals surface area contributed by atoms with Gasteiger partial charge in [0, 0.05) is 30.5 Å². The van der Waals surface area contributed by atoms with E-state index in [1.807, 2.05) is 37.3 Å². The third-order valence-electron chi connectivity index (χ3n) is 9.84. The molecule has 4 aliphatic rings. The topological polar surface area (TPSA) is 144 Å². The predicted octanol–water partition coefficient (Wildman–Crippen LogP) is 2.76. The first-order valence-corrected chi connectivity index (χ1v) is 14.9. The summed E-state index contributed by atoms with van der Waals surface area (Å²) in [6.07, 6.45) is 5.08. The Morgan fingerprint density at radius 1 is 1.17 bits per heavy atom. The third kappa shape index (κ3) is 4.89. The lowest BCUT2D eigenvalue weighted by Crippen LogP contribution is -2.58. The Kier molecular flexibility index (Phi) is 7.38. The standard InChI is InChI=1S/C31H38N6O5/c1-2-30(9-12-32-13-10-30)28(40)37(23-5-4-14-36(18-23)29(41)42)19-25(38)34-22-8-7-20-16-31(17-21(20)15-22)24-6-3-11-33-26(24)35-27(31)39/h3,6-8,11,15,23,32H,2,4-5,9-10,12-14,16-19H2,1H3,(H,34,38)(H,41,42)(H,33,35,39)/t23-,31+/m0/s1. The summed E-state index contributed by atoms with van der Waals surface area (Å²) in [6, 6.07) is 9.15. The number of aromatic nitrogens is 1. The molecule has 0 saturated carbocycles. The summed E-state index contributed by atoms with van der Waals surface area (Å²) < 4.78 is 0. The molecule has 0 bridgehead atoms. The van der Waals surface area contributed by atoms with Gasteiger partial charge >= 0.3 is 6.09 Å². The highest BCUT2D eigenvalue weighted by Crippen LogP contribution is 2.47. The number of benzene rings is 1. The number of likely N-dealkylation sites (tertiary alicyclic amines) is 1. The highest BCUT2D eigenvalue weighted by atomic mass is 16.4. The lowest BCUT2D eigenvalue weighted by Gasteiger charge is -2.44. The third-order valence-corrected chi connectivity index (χ3v) is 9.84. The molecule has 6 rings (SSSR count). The highest BCUT2D eigenvalue weighted by molar-refractivity contribution is 6.06. The summed E-state index contributed by atoms with van der Waals surface area (Å²) >= 11 is 0. The molecule has 1 spiro atoms. The van der Waals surface area contributed by atoms with Crippen molar-refractivity contribution in [2.45, 2.75) is 63.3 Å². The summed E-state index contributed by atoms with van der Waals surface area (Å²) in [5, 5.41) is 18.9. The van der Waals surface area contributed by atoms with Crippen molar-refractivity contribution < 1.29 is 24.3 Å². The normalized spacial score (nSPS) is 24.1. The first kappa shape index (κ1) is 28.1. The predicted molar refractivity (Wildman–Crippen MR) is 156 cm³/mol. The van der Waals surface area contributed by atoms with Gasteiger partial charge in [0.15, 0.2) is 0 Å². The summed E-state index contributed by atoms with van der Waals surface area (Å²) in [6.45, 7) is 3.97. The van der Waals surface area contributed by atoms with Crippen LogP contribution in [0.4, 0.5) is 16.3 Å². The minimum Gasteiger partial charge on any atom is -0.465 e. The number of fused-ring (bicyclic) bond motifs is 3. The van der Waals surface area contributed by atoms with Crippen molar-refractivity contribution in [2.24, 2.45) is 5.41 Å². The monoisotopic (exact) mass is 574 g/mol. The Labute approximate surface area is 245 Å². The second-order valence-corrected chi connectivity index (χ2v) is 12.2. The number of amides is 4. The minimum atomic E-state index is -1.01. The van der Waals surface area contributed by atoms with Crippen LogP contribution in [-0.2, 0) is 32.6 Å². The van der Waals surface area contributed by atoms with E-state index in [1.54, 1.807) is 11.1 Å². The van der Waals surface area contributed by atoms with Gasteiger partial charge in [0.05, 0.1) is 16.9 Å². The van der Waals surface area contributed by atoms with Crippen LogP contribution in [0.3, 0.4) is 0 Å². The van der Waals surface area contributed by atoms with E-state index in [2.05, 4.69) is 20.9 Å². The number of nitrogens with zero attached hydrogens (tertiary/aromatic N) is 3. The van der Waals surface area contributed by atoms with Gasteiger partial charge in [-0.25, -0.2) is 9.78 Å². The zero-order valence-corrected chi connectivity index (χ0v) is 23.9. The fraction of sp³-hybridized carbons (Fsp3) is 0.516. The van der Waals surface area contributed by atoms with Gasteiger partial charge in [-0.15, -0.1) is 0 Å². The Balaban J connectivity index is 1.20. The average molecular weight is 575 g/mol. The summed E-state index contributed by atoms with van der Waals surface area (Å²) in [5.41, 5.74) is 2.30. The van der Waals surface area contributed by atoms with Crippen molar-refractivity contribution >= 4 is 35.3 Å². The van der Waals surface area contributed by atoms with Crippen molar-refractivity contribution in [2.75, 3.05) is 43.4 Å². The molecule has 42 heavy (non-hydrogen) atoms. The van der Waals surface area contributed by atoms with E-state index in [0.29, 0.717) is 63.0 Å². The van der Waals surface area contributed by atoms with Crippen LogP contribution in [0.15, 0.2) is 36.5 Å². The largest absolute Gasteiger partial charge is 0.465 e. The van der Waals surface area contributed by atoms with E-state index in [0.717, 1.165) is 29.8 Å². The van der Waals surface area contributed by atoms with Crippen molar-refractivity contribution in [3.05, 3.63) is 53.2 Å². The number of carbonyl (C=O) groups excluding carboxylic acids is 3. The summed E-state index contributed by atoms with van der Waals surface area (Å²) in [7, 11) is 0. The molecule has 0 radical (unpaired) electrons. The SMILES string of the molecule is CCC1(C(=O)N(CC(=O)Nc2ccc3c(c2)C[C@@]2(C3)C(=O)Nc3ncccc32)[C@H]2CCCN(C(=O)O)C2)CCNCC1. The second-order valence-electron chi connectivity index (χ2n) is 12.2. The minimum absolute atomic E-state index is 0.0576. The maximum Gasteiger partial charge on any atom is 0.407 e. The number of rotatable bonds is 6. The van der Waals surface area contributed by atoms with Gasteiger partial charge in [0.25, 0.3) is 0 Å². The number of hydrogen-bond acceptors (Lipinski definition) is 6.